The number of aromatic nitrogens is 1. The molecule has 0 saturated carbocycles. The average Bonchev–Trinajstić information content (AvgIpc) is 3.20. The molecule has 2 aromatic carbocycles. The van der Waals surface area contributed by atoms with E-state index in [9.17, 15) is 17.6 Å². The Kier molecular flexibility index (Phi) is 5.66. The van der Waals surface area contributed by atoms with Crippen LogP contribution in [-0.4, -0.2) is 37.7 Å². The van der Waals surface area contributed by atoms with E-state index in [-0.39, 0.29) is 17.4 Å². The van der Waals surface area contributed by atoms with Gasteiger partial charge in [-0.05, 0) is 60.9 Å². The van der Waals surface area contributed by atoms with Crippen LogP contribution >= 0.6 is 11.8 Å². The second-order valence-electron chi connectivity index (χ2n) is 6.99. The summed E-state index contributed by atoms with van der Waals surface area (Å²) in [7, 11) is -3.34. The topological polar surface area (TPSA) is 80.5 Å². The van der Waals surface area contributed by atoms with Crippen molar-refractivity contribution in [3.8, 4) is 11.3 Å². The number of benzene rings is 2. The molecule has 30 heavy (non-hydrogen) atoms. The van der Waals surface area contributed by atoms with Gasteiger partial charge in [0.15, 0.2) is 11.5 Å². The second-order valence-corrected chi connectivity index (χ2v) is 9.82. The fraction of sp³-hybridized carbons (Fsp3) is 0.238. The van der Waals surface area contributed by atoms with Crippen LogP contribution in [0, 0.1) is 5.82 Å². The first-order chi connectivity index (χ1) is 14.3. The number of Topliss-reactive ketones (excluding diaryl/α,β-unsaturated/α-hetero) is 1. The van der Waals surface area contributed by atoms with Crippen LogP contribution in [-0.2, 0) is 16.4 Å². The third kappa shape index (κ3) is 4.41. The third-order valence-corrected chi connectivity index (χ3v) is 6.84. The maximum atomic E-state index is 13.0. The van der Waals surface area contributed by atoms with Gasteiger partial charge < -0.3 is 4.42 Å². The number of rotatable bonds is 6. The van der Waals surface area contributed by atoms with Crippen LogP contribution in [0.3, 0.4) is 0 Å². The summed E-state index contributed by atoms with van der Waals surface area (Å²) < 4.78 is 44.0. The molecule has 0 unspecified atom stereocenters. The molecule has 156 valence electrons. The molecule has 0 atom stereocenters. The number of fused-ring (bicyclic) bond motifs is 1. The molecule has 1 aromatic heterocycles. The van der Waals surface area contributed by atoms with Crippen LogP contribution in [0.25, 0.3) is 11.3 Å². The van der Waals surface area contributed by atoms with E-state index >= 15 is 0 Å². The molecule has 1 aliphatic rings. The summed E-state index contributed by atoms with van der Waals surface area (Å²) in [5.74, 6) is 0.210. The summed E-state index contributed by atoms with van der Waals surface area (Å²) in [6.07, 6.45) is 4.18. The first kappa shape index (κ1) is 20.6. The Hall–Kier alpha value is -2.65. The highest BCUT2D eigenvalue weighted by molar-refractivity contribution is 7.99. The third-order valence-electron chi connectivity index (χ3n) is 4.82. The Morgan fingerprint density at radius 2 is 2.00 bits per heavy atom. The number of aryl methyl sites for hydroxylation is 1. The van der Waals surface area contributed by atoms with Gasteiger partial charge in [0.2, 0.25) is 10.0 Å². The van der Waals surface area contributed by atoms with Crippen molar-refractivity contribution < 1.29 is 22.0 Å². The minimum Gasteiger partial charge on any atom is -0.431 e. The first-order valence-corrected chi connectivity index (χ1v) is 12.1. The molecular formula is C21H19FN2O4S2. The Morgan fingerprint density at radius 3 is 2.73 bits per heavy atom. The van der Waals surface area contributed by atoms with Crippen molar-refractivity contribution in [3.63, 3.8) is 0 Å². The van der Waals surface area contributed by atoms with Gasteiger partial charge in [-0.25, -0.2) is 17.8 Å². The van der Waals surface area contributed by atoms with E-state index in [0.29, 0.717) is 34.3 Å². The normalized spacial score (nSPS) is 13.9. The number of ketones is 1. The lowest BCUT2D eigenvalue weighted by molar-refractivity contribution is 0.102. The number of hydrogen-bond donors (Lipinski definition) is 0. The van der Waals surface area contributed by atoms with E-state index in [4.69, 9.17) is 4.42 Å². The molecule has 0 amide bonds. The van der Waals surface area contributed by atoms with Gasteiger partial charge in [-0.2, -0.15) is 0 Å². The van der Waals surface area contributed by atoms with E-state index < -0.39 is 10.0 Å². The number of sulfonamides is 1. The molecule has 0 N–H and O–H groups in total. The van der Waals surface area contributed by atoms with Gasteiger partial charge in [0.1, 0.15) is 5.82 Å². The smallest absolute Gasteiger partial charge is 0.256 e. The Labute approximate surface area is 178 Å². The van der Waals surface area contributed by atoms with E-state index in [0.717, 1.165) is 18.4 Å². The molecule has 9 heteroatoms. The highest BCUT2D eigenvalue weighted by atomic mass is 32.2. The monoisotopic (exact) mass is 446 g/mol. The number of carbonyl (C=O) groups is 1. The number of thioether (sulfide) groups is 1. The lowest BCUT2D eigenvalue weighted by atomic mass is 9.99. The zero-order valence-corrected chi connectivity index (χ0v) is 17.8. The molecule has 2 heterocycles. The molecule has 0 radical (unpaired) electrons. The Balaban J connectivity index is 1.44. The SMILES string of the molecule is CS(=O)(=O)N1CCCc2cc(C(=O)CSc3ncc(-c4ccc(F)cc4)o3)ccc21. The van der Waals surface area contributed by atoms with Crippen LogP contribution in [0.15, 0.2) is 58.3 Å². The van der Waals surface area contributed by atoms with Crippen LogP contribution < -0.4 is 4.31 Å². The standard InChI is InChI=1S/C21H19FN2O4S2/c1-30(26,27)24-10-2-3-15-11-16(6-9-18(15)24)19(25)13-29-21-23-12-20(28-21)14-4-7-17(22)8-5-14/h4-9,11-12H,2-3,10,13H2,1H3. The lowest BCUT2D eigenvalue weighted by Gasteiger charge is -2.29. The number of nitrogens with zero attached hydrogens (tertiary/aromatic N) is 2. The molecule has 1 aliphatic heterocycles. The lowest BCUT2D eigenvalue weighted by Crippen LogP contribution is -2.34. The predicted octanol–water partition coefficient (Wildman–Crippen LogP) is 4.17. The van der Waals surface area contributed by atoms with Crippen molar-refractivity contribution in [2.24, 2.45) is 0 Å². The average molecular weight is 447 g/mol. The van der Waals surface area contributed by atoms with E-state index in [1.807, 2.05) is 0 Å². The van der Waals surface area contributed by atoms with E-state index in [1.165, 1.54) is 34.5 Å². The maximum absolute atomic E-state index is 13.0. The Bertz CT molecular complexity index is 1190. The van der Waals surface area contributed by atoms with Crippen molar-refractivity contribution in [2.45, 2.75) is 18.1 Å². The molecule has 3 aromatic rings. The molecule has 0 aliphatic carbocycles. The molecule has 6 nitrogen and oxygen atoms in total. The number of halogens is 1. The van der Waals surface area contributed by atoms with Crippen LogP contribution in [0.5, 0.6) is 0 Å². The number of oxazole rings is 1. The van der Waals surface area contributed by atoms with Crippen LogP contribution in [0.4, 0.5) is 10.1 Å². The molecule has 0 bridgehead atoms. The summed E-state index contributed by atoms with van der Waals surface area (Å²) in [5.41, 5.74) is 2.73. The summed E-state index contributed by atoms with van der Waals surface area (Å²) >= 11 is 1.18. The van der Waals surface area contributed by atoms with Crippen LogP contribution in [0.2, 0.25) is 0 Å². The molecule has 4 rings (SSSR count). The van der Waals surface area contributed by atoms with Crippen molar-refractivity contribution in [1.29, 1.82) is 0 Å². The number of hydrogen-bond acceptors (Lipinski definition) is 6. The minimum absolute atomic E-state index is 0.0965. The maximum Gasteiger partial charge on any atom is 0.256 e. The van der Waals surface area contributed by atoms with Crippen molar-refractivity contribution in [3.05, 3.63) is 65.6 Å². The van der Waals surface area contributed by atoms with Gasteiger partial charge in [0, 0.05) is 17.7 Å². The summed E-state index contributed by atoms with van der Waals surface area (Å²) in [6, 6.07) is 11.0. The van der Waals surface area contributed by atoms with E-state index in [1.54, 1.807) is 36.5 Å². The minimum atomic E-state index is -3.34. The molecular weight excluding hydrogens is 427 g/mol. The van der Waals surface area contributed by atoms with Gasteiger partial charge in [-0.3, -0.25) is 9.10 Å². The van der Waals surface area contributed by atoms with Crippen molar-refractivity contribution in [2.75, 3.05) is 22.9 Å². The van der Waals surface area contributed by atoms with Crippen LogP contribution in [0.1, 0.15) is 22.3 Å². The number of anilines is 1. The Morgan fingerprint density at radius 1 is 1.23 bits per heavy atom. The fourth-order valence-electron chi connectivity index (χ4n) is 3.36. The summed E-state index contributed by atoms with van der Waals surface area (Å²) in [4.78, 5) is 16.8. The van der Waals surface area contributed by atoms with E-state index in [2.05, 4.69) is 4.98 Å². The molecule has 0 spiro atoms. The van der Waals surface area contributed by atoms with Gasteiger partial charge in [-0.1, -0.05) is 11.8 Å². The van der Waals surface area contributed by atoms with Crippen molar-refractivity contribution >= 4 is 33.3 Å². The summed E-state index contributed by atoms with van der Waals surface area (Å²) in [6.45, 7) is 0.454. The number of carbonyl (C=O) groups excluding carboxylic acids is 1. The largest absolute Gasteiger partial charge is 0.431 e. The van der Waals surface area contributed by atoms with Crippen molar-refractivity contribution in [1.82, 2.24) is 4.98 Å². The summed E-state index contributed by atoms with van der Waals surface area (Å²) in [5, 5.41) is 0.351. The van der Waals surface area contributed by atoms with Gasteiger partial charge >= 0.3 is 0 Å². The molecule has 0 saturated heterocycles. The highest BCUT2D eigenvalue weighted by Gasteiger charge is 2.24. The fourth-order valence-corrected chi connectivity index (χ4v) is 5.06. The second kappa shape index (κ2) is 8.23. The zero-order valence-electron chi connectivity index (χ0n) is 16.2. The van der Waals surface area contributed by atoms with Gasteiger partial charge in [0.25, 0.3) is 5.22 Å². The molecule has 0 fully saturated rings. The highest BCUT2D eigenvalue weighted by Crippen LogP contribution is 2.31. The first-order valence-electron chi connectivity index (χ1n) is 9.30. The zero-order chi connectivity index (χ0) is 21.3. The predicted molar refractivity (Wildman–Crippen MR) is 114 cm³/mol. The van der Waals surface area contributed by atoms with Gasteiger partial charge in [0.05, 0.1) is 23.9 Å². The van der Waals surface area contributed by atoms with Gasteiger partial charge in [-0.15, -0.1) is 0 Å². The quantitative estimate of drug-likeness (QED) is 0.418.